The molecule has 1 saturated heterocycles. The van der Waals surface area contributed by atoms with E-state index in [1.165, 1.54) is 0 Å². The Morgan fingerprint density at radius 3 is 2.96 bits per heavy atom. The molecule has 1 fully saturated rings. The zero-order valence-corrected chi connectivity index (χ0v) is 15.6. The number of hydrogen-bond donors (Lipinski definition) is 2. The van der Waals surface area contributed by atoms with Gasteiger partial charge in [-0.2, -0.15) is 5.10 Å². The lowest BCUT2D eigenvalue weighted by atomic mass is 10.1. The van der Waals surface area contributed by atoms with E-state index >= 15 is 0 Å². The second kappa shape index (κ2) is 9.01. The third-order valence-corrected chi connectivity index (χ3v) is 4.52. The van der Waals surface area contributed by atoms with Crippen molar-refractivity contribution in [3.63, 3.8) is 0 Å². The monoisotopic (exact) mass is 367 g/mol. The molecular formula is C17H26ClN5O2. The summed E-state index contributed by atoms with van der Waals surface area (Å²) < 4.78 is 7.23. The highest BCUT2D eigenvalue weighted by Gasteiger charge is 2.19. The largest absolute Gasteiger partial charge is 0.361 e. The van der Waals surface area contributed by atoms with Gasteiger partial charge in [0.2, 0.25) is 0 Å². The van der Waals surface area contributed by atoms with E-state index < -0.39 is 0 Å². The molecule has 2 N–H and O–H groups in total. The van der Waals surface area contributed by atoms with Gasteiger partial charge in [0, 0.05) is 31.3 Å². The first kappa shape index (κ1) is 19.5. The van der Waals surface area contributed by atoms with Crippen LogP contribution in [0.15, 0.2) is 16.8 Å². The molecule has 138 valence electrons. The first-order valence-electron chi connectivity index (χ1n) is 8.73. The standard InChI is InChI=1S/C17H25N5O2.ClH/c1-3-14-13(16(4-2)24-21-14)11-19-17(23)15-7-9-22(20-15)12-6-5-8-18-10-12;/h7,9,12,18H,3-6,8,10-11H2,1-2H3,(H,19,23);1H. The van der Waals surface area contributed by atoms with Crippen LogP contribution in [0.25, 0.3) is 0 Å². The van der Waals surface area contributed by atoms with Crippen molar-refractivity contribution in [3.8, 4) is 0 Å². The quantitative estimate of drug-likeness (QED) is 0.818. The zero-order chi connectivity index (χ0) is 16.9. The molecule has 0 spiro atoms. The van der Waals surface area contributed by atoms with Crippen molar-refractivity contribution in [2.45, 2.75) is 52.1 Å². The Kier molecular flexibility index (Phi) is 7.01. The van der Waals surface area contributed by atoms with Crippen molar-refractivity contribution < 1.29 is 9.32 Å². The third-order valence-electron chi connectivity index (χ3n) is 4.52. The van der Waals surface area contributed by atoms with Crippen LogP contribution in [0.1, 0.15) is 60.2 Å². The predicted octanol–water partition coefficient (Wildman–Crippen LogP) is 2.27. The van der Waals surface area contributed by atoms with Gasteiger partial charge in [0.1, 0.15) is 11.5 Å². The van der Waals surface area contributed by atoms with Crippen molar-refractivity contribution in [1.29, 1.82) is 0 Å². The van der Waals surface area contributed by atoms with Gasteiger partial charge < -0.3 is 15.2 Å². The summed E-state index contributed by atoms with van der Waals surface area (Å²) in [6.45, 7) is 6.44. The summed E-state index contributed by atoms with van der Waals surface area (Å²) in [5, 5.41) is 14.8. The lowest BCUT2D eigenvalue weighted by molar-refractivity contribution is 0.0944. The van der Waals surface area contributed by atoms with Crippen molar-refractivity contribution in [1.82, 2.24) is 25.6 Å². The highest BCUT2D eigenvalue weighted by molar-refractivity contribution is 5.92. The number of nitrogens with zero attached hydrogens (tertiary/aromatic N) is 3. The Morgan fingerprint density at radius 2 is 2.28 bits per heavy atom. The number of aromatic nitrogens is 3. The summed E-state index contributed by atoms with van der Waals surface area (Å²) in [5.74, 6) is 0.675. The molecule has 3 heterocycles. The fourth-order valence-corrected chi connectivity index (χ4v) is 3.12. The van der Waals surface area contributed by atoms with Gasteiger partial charge in [-0.05, 0) is 31.9 Å². The summed E-state index contributed by atoms with van der Waals surface area (Å²) >= 11 is 0. The molecule has 1 amide bonds. The molecule has 0 aromatic carbocycles. The summed E-state index contributed by atoms with van der Waals surface area (Å²) in [6.07, 6.45) is 5.68. The number of piperidine rings is 1. The third kappa shape index (κ3) is 4.41. The van der Waals surface area contributed by atoms with Gasteiger partial charge in [-0.3, -0.25) is 9.48 Å². The highest BCUT2D eigenvalue weighted by Crippen LogP contribution is 2.17. The molecule has 2 aromatic rings. The number of rotatable bonds is 6. The molecule has 3 rings (SSSR count). The molecule has 8 heteroatoms. The van der Waals surface area contributed by atoms with Crippen LogP contribution in [-0.2, 0) is 19.4 Å². The lowest BCUT2D eigenvalue weighted by Gasteiger charge is -2.22. The van der Waals surface area contributed by atoms with Crippen LogP contribution in [0.2, 0.25) is 0 Å². The fraction of sp³-hybridized carbons (Fsp3) is 0.588. The summed E-state index contributed by atoms with van der Waals surface area (Å²) in [7, 11) is 0. The average Bonchev–Trinajstić information content (AvgIpc) is 3.27. The molecular weight excluding hydrogens is 342 g/mol. The van der Waals surface area contributed by atoms with Gasteiger partial charge in [0.05, 0.1) is 11.7 Å². The van der Waals surface area contributed by atoms with Gasteiger partial charge in [-0.15, -0.1) is 12.4 Å². The molecule has 0 aliphatic carbocycles. The van der Waals surface area contributed by atoms with Gasteiger partial charge in [-0.25, -0.2) is 0 Å². The van der Waals surface area contributed by atoms with E-state index in [0.29, 0.717) is 18.3 Å². The van der Waals surface area contributed by atoms with E-state index in [-0.39, 0.29) is 18.3 Å². The van der Waals surface area contributed by atoms with Gasteiger partial charge in [0.25, 0.3) is 5.91 Å². The molecule has 1 atom stereocenters. The summed E-state index contributed by atoms with van der Waals surface area (Å²) in [4.78, 5) is 12.4. The van der Waals surface area contributed by atoms with Crippen LogP contribution in [0.5, 0.6) is 0 Å². The minimum absolute atomic E-state index is 0. The topological polar surface area (TPSA) is 85.0 Å². The van der Waals surface area contributed by atoms with Crippen LogP contribution in [0.3, 0.4) is 0 Å². The van der Waals surface area contributed by atoms with Crippen molar-refractivity contribution in [3.05, 3.63) is 35.0 Å². The second-order valence-corrected chi connectivity index (χ2v) is 6.10. The Labute approximate surface area is 153 Å². The van der Waals surface area contributed by atoms with E-state index in [1.54, 1.807) is 6.07 Å². The number of halogens is 1. The predicted molar refractivity (Wildman–Crippen MR) is 97.0 cm³/mol. The molecule has 7 nitrogen and oxygen atoms in total. The highest BCUT2D eigenvalue weighted by atomic mass is 35.5. The van der Waals surface area contributed by atoms with Crippen molar-refractivity contribution >= 4 is 18.3 Å². The molecule has 0 saturated carbocycles. The maximum Gasteiger partial charge on any atom is 0.272 e. The van der Waals surface area contributed by atoms with E-state index in [1.807, 2.05) is 24.7 Å². The first-order chi connectivity index (χ1) is 11.7. The van der Waals surface area contributed by atoms with E-state index in [0.717, 1.165) is 55.8 Å². The molecule has 1 aliphatic heterocycles. The maximum atomic E-state index is 12.4. The SMILES string of the molecule is CCc1noc(CC)c1CNC(=O)c1ccn(C2CCCNC2)n1.Cl. The lowest BCUT2D eigenvalue weighted by Crippen LogP contribution is -2.32. The number of aryl methyl sites for hydroxylation is 2. The van der Waals surface area contributed by atoms with Crippen LogP contribution in [0.4, 0.5) is 0 Å². The number of hydrogen-bond acceptors (Lipinski definition) is 5. The molecule has 2 aromatic heterocycles. The second-order valence-electron chi connectivity index (χ2n) is 6.10. The number of carbonyl (C=O) groups excluding carboxylic acids is 1. The number of amides is 1. The van der Waals surface area contributed by atoms with Gasteiger partial charge >= 0.3 is 0 Å². The summed E-state index contributed by atoms with van der Waals surface area (Å²) in [5.41, 5.74) is 2.35. The molecule has 0 radical (unpaired) electrons. The van der Waals surface area contributed by atoms with E-state index in [2.05, 4.69) is 20.9 Å². The maximum absolute atomic E-state index is 12.4. The van der Waals surface area contributed by atoms with E-state index in [4.69, 9.17) is 4.52 Å². The molecule has 1 unspecified atom stereocenters. The van der Waals surface area contributed by atoms with Crippen LogP contribution >= 0.6 is 12.4 Å². The summed E-state index contributed by atoms with van der Waals surface area (Å²) in [6, 6.07) is 2.11. The number of carbonyl (C=O) groups is 1. The zero-order valence-electron chi connectivity index (χ0n) is 14.7. The Morgan fingerprint density at radius 1 is 1.44 bits per heavy atom. The average molecular weight is 368 g/mol. The minimum Gasteiger partial charge on any atom is -0.361 e. The minimum atomic E-state index is -0.164. The normalized spacial score (nSPS) is 17.1. The van der Waals surface area contributed by atoms with Crippen molar-refractivity contribution in [2.75, 3.05) is 13.1 Å². The first-order valence-corrected chi connectivity index (χ1v) is 8.73. The van der Waals surface area contributed by atoms with Gasteiger partial charge in [-0.1, -0.05) is 19.0 Å². The Hall–Kier alpha value is -1.86. The van der Waals surface area contributed by atoms with Crippen LogP contribution in [-0.4, -0.2) is 33.9 Å². The van der Waals surface area contributed by atoms with Gasteiger partial charge in [0.15, 0.2) is 0 Å². The molecule has 1 aliphatic rings. The van der Waals surface area contributed by atoms with E-state index in [9.17, 15) is 4.79 Å². The Bertz CT molecular complexity index is 670. The van der Waals surface area contributed by atoms with Crippen molar-refractivity contribution in [2.24, 2.45) is 0 Å². The smallest absolute Gasteiger partial charge is 0.272 e. The fourth-order valence-electron chi connectivity index (χ4n) is 3.12. The number of nitrogens with one attached hydrogen (secondary N) is 2. The van der Waals surface area contributed by atoms with Crippen LogP contribution < -0.4 is 10.6 Å². The van der Waals surface area contributed by atoms with Crippen LogP contribution in [0, 0.1) is 0 Å². The molecule has 25 heavy (non-hydrogen) atoms. The molecule has 0 bridgehead atoms. The Balaban J connectivity index is 0.00000225.